The highest BCUT2D eigenvalue weighted by molar-refractivity contribution is 8.19. The number of rotatable bonds is 3. The van der Waals surface area contributed by atoms with E-state index in [9.17, 15) is 4.79 Å². The average molecular weight is 433 g/mol. The number of hydrogen-bond acceptors (Lipinski definition) is 4. The minimum Gasteiger partial charge on any atom is -0.493 e. The van der Waals surface area contributed by atoms with Gasteiger partial charge in [-0.15, -0.1) is 0 Å². The van der Waals surface area contributed by atoms with Gasteiger partial charge in [-0.05, 0) is 111 Å². The van der Waals surface area contributed by atoms with Crippen LogP contribution in [0.3, 0.4) is 0 Å². The van der Waals surface area contributed by atoms with Crippen molar-refractivity contribution in [2.75, 3.05) is 11.5 Å². The van der Waals surface area contributed by atoms with E-state index >= 15 is 0 Å². The normalized spacial score (nSPS) is 20.9. The molecule has 2 aromatic carbocycles. The molecular weight excluding hydrogens is 404 g/mol. The Kier molecular flexibility index (Phi) is 5.61. The second kappa shape index (κ2) is 8.54. The van der Waals surface area contributed by atoms with Crippen molar-refractivity contribution < 1.29 is 9.53 Å². The molecule has 0 radical (unpaired) electrons. The van der Waals surface area contributed by atoms with Gasteiger partial charge in [0, 0.05) is 6.04 Å². The minimum atomic E-state index is 0.0253. The van der Waals surface area contributed by atoms with E-state index in [1.807, 2.05) is 23.1 Å². The molecule has 2 heterocycles. The highest BCUT2D eigenvalue weighted by atomic mass is 32.2. The minimum absolute atomic E-state index is 0.0253. The fraction of sp³-hybridized carbons (Fsp3) is 0.385. The van der Waals surface area contributed by atoms with E-state index < -0.39 is 0 Å². The highest BCUT2D eigenvalue weighted by Gasteiger charge is 2.36. The van der Waals surface area contributed by atoms with Gasteiger partial charge in [-0.3, -0.25) is 14.7 Å². The van der Waals surface area contributed by atoms with Crippen molar-refractivity contribution in [3.8, 4) is 5.75 Å². The standard InChI is InChI=1S/C26H28N2O2S/c1-17(2)27-26-28(22-11-5-8-19-7-3-4-10-21(19)22)25(29)24(31-26)16-18-12-13-23-20(15-18)9-6-14-30-23/h5,8,11-13,15-17H,3-4,6-7,9-10,14H2,1-2H3/b24-16-,27-26-. The summed E-state index contributed by atoms with van der Waals surface area (Å²) in [5, 5.41) is 0.784. The molecular formula is C26H28N2O2S. The first kappa shape index (κ1) is 20.4. The molecule has 0 N–H and O–H groups in total. The molecule has 2 aromatic rings. The van der Waals surface area contributed by atoms with Crippen molar-refractivity contribution in [2.45, 2.75) is 58.4 Å². The molecule has 2 aliphatic heterocycles. The summed E-state index contributed by atoms with van der Waals surface area (Å²) in [4.78, 5) is 21.0. The van der Waals surface area contributed by atoms with Gasteiger partial charge in [-0.2, -0.15) is 0 Å². The number of amides is 1. The molecule has 1 amide bonds. The zero-order valence-corrected chi connectivity index (χ0v) is 19.0. The van der Waals surface area contributed by atoms with Gasteiger partial charge in [0.15, 0.2) is 5.17 Å². The van der Waals surface area contributed by atoms with Crippen LogP contribution in [-0.4, -0.2) is 23.7 Å². The van der Waals surface area contributed by atoms with Gasteiger partial charge in [0.25, 0.3) is 5.91 Å². The van der Waals surface area contributed by atoms with E-state index in [-0.39, 0.29) is 11.9 Å². The predicted molar refractivity (Wildman–Crippen MR) is 129 cm³/mol. The molecule has 0 bridgehead atoms. The lowest BCUT2D eigenvalue weighted by molar-refractivity contribution is -0.113. The smallest absolute Gasteiger partial charge is 0.271 e. The zero-order valence-electron chi connectivity index (χ0n) is 18.2. The second-order valence-electron chi connectivity index (χ2n) is 8.70. The zero-order chi connectivity index (χ0) is 21.4. The second-order valence-corrected chi connectivity index (χ2v) is 9.71. The Morgan fingerprint density at radius 3 is 2.77 bits per heavy atom. The number of aryl methyl sites for hydroxylation is 2. The number of fused-ring (bicyclic) bond motifs is 2. The Morgan fingerprint density at radius 1 is 1.06 bits per heavy atom. The van der Waals surface area contributed by atoms with Crippen LogP contribution >= 0.6 is 11.8 Å². The Bertz CT molecular complexity index is 1090. The van der Waals surface area contributed by atoms with Crippen LogP contribution in [0.15, 0.2) is 46.3 Å². The third-order valence-corrected chi connectivity index (χ3v) is 7.00. The average Bonchev–Trinajstić information content (AvgIpc) is 3.07. The molecule has 1 saturated heterocycles. The van der Waals surface area contributed by atoms with Gasteiger partial charge in [-0.1, -0.05) is 18.2 Å². The number of amidine groups is 1. The Hall–Kier alpha value is -2.53. The Morgan fingerprint density at radius 2 is 1.90 bits per heavy atom. The Labute approximate surface area is 188 Å². The fourth-order valence-corrected chi connectivity index (χ4v) is 5.69. The maximum absolute atomic E-state index is 13.6. The van der Waals surface area contributed by atoms with E-state index in [0.29, 0.717) is 0 Å². The summed E-state index contributed by atoms with van der Waals surface area (Å²) in [5.74, 6) is 0.996. The fourth-order valence-electron chi connectivity index (χ4n) is 4.59. The van der Waals surface area contributed by atoms with Crippen molar-refractivity contribution in [1.82, 2.24) is 0 Å². The number of thioether (sulfide) groups is 1. The van der Waals surface area contributed by atoms with Crippen molar-refractivity contribution in [1.29, 1.82) is 0 Å². The molecule has 0 saturated carbocycles. The van der Waals surface area contributed by atoms with Crippen LogP contribution in [0.5, 0.6) is 5.75 Å². The van der Waals surface area contributed by atoms with Gasteiger partial charge in [0.1, 0.15) is 5.75 Å². The molecule has 4 nitrogen and oxygen atoms in total. The summed E-state index contributed by atoms with van der Waals surface area (Å²) in [6.07, 6.45) is 8.59. The third-order valence-electron chi connectivity index (χ3n) is 6.02. The summed E-state index contributed by atoms with van der Waals surface area (Å²) in [6.45, 7) is 4.90. The van der Waals surface area contributed by atoms with E-state index in [4.69, 9.17) is 9.73 Å². The third kappa shape index (κ3) is 4.03. The van der Waals surface area contributed by atoms with Crippen LogP contribution < -0.4 is 9.64 Å². The maximum atomic E-state index is 13.6. The summed E-state index contributed by atoms with van der Waals surface area (Å²) in [5.41, 5.74) is 5.96. The lowest BCUT2D eigenvalue weighted by Crippen LogP contribution is -2.31. The summed E-state index contributed by atoms with van der Waals surface area (Å²) >= 11 is 1.49. The lowest BCUT2D eigenvalue weighted by atomic mass is 9.90. The van der Waals surface area contributed by atoms with E-state index in [1.54, 1.807) is 0 Å². The summed E-state index contributed by atoms with van der Waals surface area (Å²) in [6, 6.07) is 12.7. The summed E-state index contributed by atoms with van der Waals surface area (Å²) in [7, 11) is 0. The number of carbonyl (C=O) groups is 1. The van der Waals surface area contributed by atoms with Gasteiger partial charge >= 0.3 is 0 Å². The quantitative estimate of drug-likeness (QED) is 0.578. The van der Waals surface area contributed by atoms with Gasteiger partial charge < -0.3 is 4.74 Å². The topological polar surface area (TPSA) is 41.9 Å². The number of nitrogens with zero attached hydrogens (tertiary/aromatic N) is 2. The maximum Gasteiger partial charge on any atom is 0.271 e. The van der Waals surface area contributed by atoms with Crippen LogP contribution in [0.2, 0.25) is 0 Å². The SMILES string of the molecule is CC(C)/N=C1\S/C(=C\c2ccc3c(c2)CCCO3)C(=O)N1c1cccc2c1CCCC2. The molecule has 0 unspecified atom stereocenters. The van der Waals surface area contributed by atoms with Gasteiger partial charge in [-0.25, -0.2) is 0 Å². The van der Waals surface area contributed by atoms with Crippen LogP contribution in [0.25, 0.3) is 6.08 Å². The Balaban J connectivity index is 1.54. The summed E-state index contributed by atoms with van der Waals surface area (Å²) < 4.78 is 5.74. The highest BCUT2D eigenvalue weighted by Crippen LogP contribution is 2.40. The number of benzene rings is 2. The molecule has 1 fully saturated rings. The lowest BCUT2D eigenvalue weighted by Gasteiger charge is -2.24. The largest absolute Gasteiger partial charge is 0.493 e. The van der Waals surface area contributed by atoms with Gasteiger partial charge in [0.2, 0.25) is 0 Å². The molecule has 160 valence electrons. The number of aliphatic imine (C=N–C) groups is 1. The van der Waals surface area contributed by atoms with Gasteiger partial charge in [0.05, 0.1) is 17.2 Å². The first-order valence-electron chi connectivity index (χ1n) is 11.3. The number of hydrogen-bond donors (Lipinski definition) is 0. The molecule has 31 heavy (non-hydrogen) atoms. The molecule has 0 aromatic heterocycles. The first-order chi connectivity index (χ1) is 15.1. The van der Waals surface area contributed by atoms with E-state index in [0.717, 1.165) is 59.4 Å². The van der Waals surface area contributed by atoms with Crippen molar-refractivity contribution in [3.05, 3.63) is 63.6 Å². The molecule has 0 atom stereocenters. The monoisotopic (exact) mass is 432 g/mol. The number of ether oxygens (including phenoxy) is 1. The first-order valence-corrected chi connectivity index (χ1v) is 12.1. The van der Waals surface area contributed by atoms with E-state index in [1.165, 1.54) is 41.3 Å². The predicted octanol–water partition coefficient (Wildman–Crippen LogP) is 5.78. The molecule has 3 aliphatic rings. The van der Waals surface area contributed by atoms with Crippen LogP contribution in [0.1, 0.15) is 55.4 Å². The van der Waals surface area contributed by atoms with Crippen molar-refractivity contribution >= 4 is 34.6 Å². The van der Waals surface area contributed by atoms with Crippen LogP contribution in [-0.2, 0) is 24.1 Å². The van der Waals surface area contributed by atoms with Crippen LogP contribution in [0, 0.1) is 0 Å². The molecule has 5 rings (SSSR count). The molecule has 1 aliphatic carbocycles. The van der Waals surface area contributed by atoms with Crippen molar-refractivity contribution in [2.24, 2.45) is 4.99 Å². The van der Waals surface area contributed by atoms with Crippen LogP contribution in [0.4, 0.5) is 5.69 Å². The van der Waals surface area contributed by atoms with Crippen molar-refractivity contribution in [3.63, 3.8) is 0 Å². The number of carbonyl (C=O) groups excluding carboxylic acids is 1. The molecule has 5 heteroatoms. The molecule has 0 spiro atoms. The number of anilines is 1. The van der Waals surface area contributed by atoms with E-state index in [2.05, 4.69) is 38.1 Å².